The molecule has 4 heterocycles. The molecule has 1 saturated carbocycles. The Balaban J connectivity index is 0.813. The lowest BCUT2D eigenvalue weighted by molar-refractivity contribution is -0.217. The van der Waals surface area contributed by atoms with Gasteiger partial charge in [0.2, 0.25) is 17.7 Å². The summed E-state index contributed by atoms with van der Waals surface area (Å²) >= 11 is 0. The van der Waals surface area contributed by atoms with Crippen LogP contribution in [0.4, 0.5) is 18.9 Å². The minimum Gasteiger partial charge on any atom is -0.497 e. The number of benzene rings is 3. The molecule has 15 heteroatoms. The molecule has 5 aliphatic rings. The number of anilines is 1. The highest BCUT2D eigenvalue weighted by atomic mass is 19.4. The van der Waals surface area contributed by atoms with Crippen molar-refractivity contribution in [2.24, 2.45) is 10.8 Å². The molecule has 2 atom stereocenters. The van der Waals surface area contributed by atoms with Crippen LogP contribution in [0.2, 0.25) is 0 Å². The van der Waals surface area contributed by atoms with Crippen LogP contribution in [0.25, 0.3) is 0 Å². The molecule has 0 aromatic heterocycles. The molecule has 4 aliphatic heterocycles. The summed E-state index contributed by atoms with van der Waals surface area (Å²) in [6.07, 6.45) is 2.20. The number of piperidine rings is 2. The van der Waals surface area contributed by atoms with E-state index in [4.69, 9.17) is 14.2 Å². The van der Waals surface area contributed by atoms with Gasteiger partial charge in [0.15, 0.2) is 0 Å². The summed E-state index contributed by atoms with van der Waals surface area (Å²) in [6, 6.07) is 20.4. The highest BCUT2D eigenvalue weighted by molar-refractivity contribution is 6.05. The van der Waals surface area contributed by atoms with Gasteiger partial charge in [0.05, 0.1) is 30.8 Å². The van der Waals surface area contributed by atoms with E-state index in [0.717, 1.165) is 79.8 Å². The number of ether oxygens (including phenoxy) is 3. The highest BCUT2D eigenvalue weighted by Crippen LogP contribution is 2.51. The van der Waals surface area contributed by atoms with E-state index < -0.39 is 23.5 Å². The number of amides is 4. The molecule has 0 radical (unpaired) electrons. The molecule has 1 spiro atoms. The van der Waals surface area contributed by atoms with Gasteiger partial charge in [-0.2, -0.15) is 13.2 Å². The predicted molar refractivity (Wildman–Crippen MR) is 243 cm³/mol. The molecule has 4 amide bonds. The maximum atomic E-state index is 14.3. The summed E-state index contributed by atoms with van der Waals surface area (Å²) in [6.45, 7) is 10.1. The number of carbonyl (C=O) groups excluding carboxylic acids is 4. The lowest BCUT2D eigenvalue weighted by Gasteiger charge is -2.51. The number of alkyl halides is 3. The summed E-state index contributed by atoms with van der Waals surface area (Å²) in [5, 5.41) is 5.30. The molecular weight excluding hydrogens is 852 g/mol. The maximum absolute atomic E-state index is 14.3. The van der Waals surface area contributed by atoms with E-state index in [0.29, 0.717) is 37.4 Å². The first-order chi connectivity index (χ1) is 31.2. The van der Waals surface area contributed by atoms with E-state index in [1.165, 1.54) is 18.7 Å². The maximum Gasteiger partial charge on any atom is 0.395 e. The number of imide groups is 1. The molecule has 66 heavy (non-hydrogen) atoms. The Kier molecular flexibility index (Phi) is 13.4. The number of nitrogens with one attached hydrogen (secondary N) is 2. The van der Waals surface area contributed by atoms with Crippen molar-refractivity contribution < 1.29 is 46.6 Å². The van der Waals surface area contributed by atoms with Crippen LogP contribution in [0, 0.1) is 10.8 Å². The number of hydrogen-bond donors (Lipinski definition) is 2. The van der Waals surface area contributed by atoms with Gasteiger partial charge in [-0.05, 0) is 163 Å². The molecule has 2 N–H and O–H groups in total. The number of hydrogen-bond acceptors (Lipinski definition) is 9. The summed E-state index contributed by atoms with van der Waals surface area (Å²) in [7, 11) is 1.64. The molecule has 4 fully saturated rings. The fourth-order valence-electron chi connectivity index (χ4n) is 11.0. The van der Waals surface area contributed by atoms with Crippen LogP contribution >= 0.6 is 0 Å². The van der Waals surface area contributed by atoms with E-state index in [2.05, 4.69) is 41.5 Å². The zero-order chi connectivity index (χ0) is 47.1. The Morgan fingerprint density at radius 2 is 1.65 bits per heavy atom. The van der Waals surface area contributed by atoms with Gasteiger partial charge < -0.3 is 24.4 Å². The Bertz CT molecular complexity index is 2270. The molecule has 0 bridgehead atoms. The van der Waals surface area contributed by atoms with Crippen molar-refractivity contribution in [3.05, 3.63) is 89.0 Å². The van der Waals surface area contributed by atoms with Crippen LogP contribution in [0.3, 0.4) is 0 Å². The van der Waals surface area contributed by atoms with Gasteiger partial charge >= 0.3 is 6.18 Å². The van der Waals surface area contributed by atoms with Crippen molar-refractivity contribution in [3.63, 3.8) is 0 Å². The van der Waals surface area contributed by atoms with Crippen molar-refractivity contribution in [3.8, 4) is 11.5 Å². The average Bonchev–Trinajstić information content (AvgIpc) is 3.57. The summed E-state index contributed by atoms with van der Waals surface area (Å²) in [5.74, 6) is 0.327. The van der Waals surface area contributed by atoms with Crippen molar-refractivity contribution in [1.82, 2.24) is 20.0 Å². The third-order valence-electron chi connectivity index (χ3n) is 14.9. The third kappa shape index (κ3) is 10.6. The molecule has 3 aromatic rings. The molecule has 1 aliphatic carbocycles. The molecule has 3 saturated heterocycles. The highest BCUT2D eigenvalue weighted by Gasteiger charge is 2.50. The molecular formula is C51H64F3N5O7. The van der Waals surface area contributed by atoms with Crippen molar-refractivity contribution in [2.75, 3.05) is 51.8 Å². The number of rotatable bonds is 15. The van der Waals surface area contributed by atoms with E-state index in [9.17, 15) is 32.3 Å². The summed E-state index contributed by atoms with van der Waals surface area (Å²) in [4.78, 5) is 55.8. The number of halogens is 3. The van der Waals surface area contributed by atoms with Crippen LogP contribution in [0.1, 0.15) is 113 Å². The number of fused-ring (bicyclic) bond motifs is 1. The van der Waals surface area contributed by atoms with Gasteiger partial charge in [-0.15, -0.1) is 0 Å². The minimum atomic E-state index is -4.36. The number of likely N-dealkylation sites (tertiary alicyclic amines) is 1. The lowest BCUT2D eigenvalue weighted by Crippen LogP contribution is -2.52. The second-order valence-corrected chi connectivity index (χ2v) is 20.8. The first-order valence-corrected chi connectivity index (χ1v) is 23.4. The summed E-state index contributed by atoms with van der Waals surface area (Å²) < 4.78 is 60.9. The van der Waals surface area contributed by atoms with Gasteiger partial charge in [-0.1, -0.05) is 24.3 Å². The SMILES string of the molecule is COc1ccc([C@]2(CCN(Cc3ccc(OC4CC5(CCN(CC(=O)Nc6ccc7c(c6)CN(C6CCC(=O)NC6=O)C7=O)CC5)C4)cc3)CC(C)(C)C(F)(F)F)CCOC(C)(C)C2)cc1. The van der Waals surface area contributed by atoms with Gasteiger partial charge in [0.25, 0.3) is 5.91 Å². The van der Waals surface area contributed by atoms with Gasteiger partial charge in [0, 0.05) is 49.3 Å². The van der Waals surface area contributed by atoms with Crippen LogP contribution < -0.4 is 20.1 Å². The van der Waals surface area contributed by atoms with Gasteiger partial charge in [-0.3, -0.25) is 34.3 Å². The molecule has 1 unspecified atom stereocenters. The second-order valence-electron chi connectivity index (χ2n) is 20.8. The van der Waals surface area contributed by atoms with Crippen LogP contribution in [0.5, 0.6) is 11.5 Å². The fraction of sp³-hybridized carbons (Fsp3) is 0.569. The normalized spacial score (nSPS) is 23.4. The molecule has 3 aromatic carbocycles. The van der Waals surface area contributed by atoms with E-state index in [1.54, 1.807) is 25.3 Å². The molecule has 12 nitrogen and oxygen atoms in total. The zero-order valence-electron chi connectivity index (χ0n) is 38.9. The Hall–Kier alpha value is -4.99. The second kappa shape index (κ2) is 18.6. The minimum absolute atomic E-state index is 0.0743. The largest absolute Gasteiger partial charge is 0.497 e. The number of nitrogens with zero attached hydrogens (tertiary/aromatic N) is 3. The lowest BCUT2D eigenvalue weighted by atomic mass is 9.61. The Labute approximate surface area is 385 Å². The Morgan fingerprint density at radius 1 is 0.955 bits per heavy atom. The molecule has 8 rings (SSSR count). The van der Waals surface area contributed by atoms with Gasteiger partial charge in [-0.25, -0.2) is 0 Å². The smallest absolute Gasteiger partial charge is 0.395 e. The first kappa shape index (κ1) is 47.5. The van der Waals surface area contributed by atoms with E-state index >= 15 is 0 Å². The Morgan fingerprint density at radius 3 is 2.30 bits per heavy atom. The number of methoxy groups -OCH3 is 1. The number of carbonyl (C=O) groups is 4. The standard InChI is InChI=1S/C51H64F3N5O7/c1-47(2,51(52,53)54)33-58(24-20-50(21-25-65-48(3,4)32-50)36-8-13-38(64-5)14-9-36)29-34-6-11-39(12-7-34)66-40-27-49(28-40)18-22-57(23-19-49)31-44(61)55-37-10-15-41-35(26-37)30-59(46(41)63)42-16-17-43(60)56-45(42)62/h6-15,26,40,42H,16-25,27-33H2,1-5H3,(H,55,61)(H,56,60,62)/t42?,50-/m1/s1. The predicted octanol–water partition coefficient (Wildman–Crippen LogP) is 8.03. The van der Waals surface area contributed by atoms with Crippen molar-refractivity contribution in [2.45, 2.75) is 128 Å². The molecule has 356 valence electrons. The average molecular weight is 916 g/mol. The quantitative estimate of drug-likeness (QED) is 0.146. The van der Waals surface area contributed by atoms with Crippen molar-refractivity contribution >= 4 is 29.3 Å². The van der Waals surface area contributed by atoms with Crippen molar-refractivity contribution in [1.29, 1.82) is 0 Å². The fourth-order valence-corrected chi connectivity index (χ4v) is 11.0. The third-order valence-corrected chi connectivity index (χ3v) is 14.9. The summed E-state index contributed by atoms with van der Waals surface area (Å²) in [5.41, 5.74) is 1.53. The van der Waals surface area contributed by atoms with Crippen LogP contribution in [-0.4, -0.2) is 109 Å². The van der Waals surface area contributed by atoms with E-state index in [1.807, 2.05) is 41.3 Å². The zero-order valence-corrected chi connectivity index (χ0v) is 38.9. The first-order valence-electron chi connectivity index (χ1n) is 23.4. The van der Waals surface area contributed by atoms with Crippen LogP contribution in [0.15, 0.2) is 66.7 Å². The topological polar surface area (TPSA) is 130 Å². The van der Waals surface area contributed by atoms with E-state index in [-0.39, 0.29) is 72.7 Å². The van der Waals surface area contributed by atoms with Gasteiger partial charge in [0.1, 0.15) is 17.5 Å². The van der Waals surface area contributed by atoms with Crippen LogP contribution in [-0.2, 0) is 37.6 Å². The monoisotopic (exact) mass is 915 g/mol.